The summed E-state index contributed by atoms with van der Waals surface area (Å²) < 4.78 is 1.86. The molecule has 1 amide bonds. The maximum absolute atomic E-state index is 12.3. The summed E-state index contributed by atoms with van der Waals surface area (Å²) in [6.45, 7) is 4.08. The van der Waals surface area contributed by atoms with E-state index in [2.05, 4.69) is 4.98 Å². The van der Waals surface area contributed by atoms with Crippen molar-refractivity contribution in [3.63, 3.8) is 0 Å². The van der Waals surface area contributed by atoms with Gasteiger partial charge in [-0.2, -0.15) is 0 Å². The van der Waals surface area contributed by atoms with Gasteiger partial charge in [-0.3, -0.25) is 9.59 Å². The molecule has 6 nitrogen and oxygen atoms in total. The first-order chi connectivity index (χ1) is 10.0. The van der Waals surface area contributed by atoms with Gasteiger partial charge >= 0.3 is 5.97 Å². The molecule has 2 heterocycles. The van der Waals surface area contributed by atoms with Crippen molar-refractivity contribution in [1.82, 2.24) is 14.3 Å². The maximum Gasteiger partial charge on any atom is 0.305 e. The molecule has 0 saturated heterocycles. The number of hydrogen-bond acceptors (Lipinski definition) is 3. The second-order valence-electron chi connectivity index (χ2n) is 5.00. The average molecular weight is 289 g/mol. The van der Waals surface area contributed by atoms with Gasteiger partial charge in [0.1, 0.15) is 5.65 Å². The molecule has 2 aromatic heterocycles. The van der Waals surface area contributed by atoms with Gasteiger partial charge in [0.15, 0.2) is 0 Å². The van der Waals surface area contributed by atoms with E-state index >= 15 is 0 Å². The molecule has 6 heteroatoms. The molecule has 0 aliphatic rings. The molecule has 0 saturated carbocycles. The van der Waals surface area contributed by atoms with Gasteiger partial charge in [-0.05, 0) is 26.0 Å². The number of aliphatic carboxylic acids is 1. The number of hydrogen-bond donors (Lipinski definition) is 1. The Labute approximate surface area is 123 Å². The smallest absolute Gasteiger partial charge is 0.305 e. The minimum atomic E-state index is -0.901. The summed E-state index contributed by atoms with van der Waals surface area (Å²) in [5.74, 6) is -1.00. The van der Waals surface area contributed by atoms with Gasteiger partial charge in [-0.15, -0.1) is 0 Å². The molecule has 2 aromatic rings. The number of carbonyl (C=O) groups excluding carboxylic acids is 1. The van der Waals surface area contributed by atoms with E-state index in [9.17, 15) is 9.59 Å². The topological polar surface area (TPSA) is 74.9 Å². The van der Waals surface area contributed by atoms with E-state index < -0.39 is 5.97 Å². The quantitative estimate of drug-likeness (QED) is 0.876. The molecule has 21 heavy (non-hydrogen) atoms. The first-order valence-corrected chi connectivity index (χ1v) is 6.95. The molecule has 0 aliphatic carbocycles. The van der Waals surface area contributed by atoms with Crippen molar-refractivity contribution in [2.24, 2.45) is 0 Å². The van der Waals surface area contributed by atoms with E-state index in [0.717, 1.165) is 5.65 Å². The van der Waals surface area contributed by atoms with E-state index in [1.54, 1.807) is 11.8 Å². The average Bonchev–Trinajstić information content (AvgIpc) is 2.80. The fraction of sp³-hybridized carbons (Fsp3) is 0.400. The zero-order valence-corrected chi connectivity index (χ0v) is 12.2. The van der Waals surface area contributed by atoms with Gasteiger partial charge in [0.05, 0.1) is 18.5 Å². The highest BCUT2D eigenvalue weighted by atomic mass is 16.4. The van der Waals surface area contributed by atoms with Gasteiger partial charge in [0.25, 0.3) is 0 Å². The summed E-state index contributed by atoms with van der Waals surface area (Å²) in [6.07, 6.45) is 3.83. The Hall–Kier alpha value is -2.37. The Morgan fingerprint density at radius 3 is 2.81 bits per heavy atom. The van der Waals surface area contributed by atoms with Gasteiger partial charge in [0.2, 0.25) is 5.91 Å². The molecule has 0 spiro atoms. The van der Waals surface area contributed by atoms with E-state index in [1.165, 1.54) is 0 Å². The largest absolute Gasteiger partial charge is 0.481 e. The SMILES string of the molecule is CCN(C(=O)Cc1cn2ccccc2n1)C(C)CC(=O)O. The third-order valence-electron chi connectivity index (χ3n) is 3.41. The normalized spacial score (nSPS) is 12.3. The van der Waals surface area contributed by atoms with Crippen LogP contribution in [0.25, 0.3) is 5.65 Å². The van der Waals surface area contributed by atoms with E-state index in [4.69, 9.17) is 5.11 Å². The lowest BCUT2D eigenvalue weighted by Gasteiger charge is -2.26. The van der Waals surface area contributed by atoms with E-state index in [0.29, 0.717) is 12.2 Å². The Kier molecular flexibility index (Phi) is 4.57. The number of pyridine rings is 1. The number of carboxylic acid groups (broad SMARTS) is 1. The Morgan fingerprint density at radius 2 is 2.19 bits per heavy atom. The first-order valence-electron chi connectivity index (χ1n) is 6.95. The number of imidazole rings is 1. The standard InChI is InChI=1S/C15H19N3O3/c1-3-18(11(2)8-15(20)21)14(19)9-12-10-17-7-5-4-6-13(17)16-12/h4-7,10-11H,3,8-9H2,1-2H3,(H,20,21). The number of amides is 1. The predicted octanol–water partition coefficient (Wildman–Crippen LogP) is 1.59. The van der Waals surface area contributed by atoms with Crippen molar-refractivity contribution in [3.8, 4) is 0 Å². The monoisotopic (exact) mass is 289 g/mol. The van der Waals surface area contributed by atoms with Crippen LogP contribution in [0.15, 0.2) is 30.6 Å². The van der Waals surface area contributed by atoms with Crippen LogP contribution in [-0.4, -0.2) is 43.9 Å². The zero-order valence-electron chi connectivity index (χ0n) is 12.2. The molecular formula is C15H19N3O3. The molecular weight excluding hydrogens is 270 g/mol. The molecule has 2 rings (SSSR count). The van der Waals surface area contributed by atoms with Gasteiger partial charge in [-0.25, -0.2) is 4.98 Å². The van der Waals surface area contributed by atoms with Crippen molar-refractivity contribution < 1.29 is 14.7 Å². The summed E-state index contributed by atoms with van der Waals surface area (Å²) in [5.41, 5.74) is 1.48. The second-order valence-corrected chi connectivity index (χ2v) is 5.00. The summed E-state index contributed by atoms with van der Waals surface area (Å²) in [7, 11) is 0. The van der Waals surface area contributed by atoms with Crippen molar-refractivity contribution >= 4 is 17.5 Å². The van der Waals surface area contributed by atoms with Crippen LogP contribution in [0.5, 0.6) is 0 Å². The molecule has 0 radical (unpaired) electrons. The minimum absolute atomic E-state index is 0.0508. The van der Waals surface area contributed by atoms with Crippen LogP contribution in [0.4, 0.5) is 0 Å². The van der Waals surface area contributed by atoms with Crippen LogP contribution < -0.4 is 0 Å². The summed E-state index contributed by atoms with van der Waals surface area (Å²) >= 11 is 0. The number of carbonyl (C=O) groups is 2. The molecule has 1 N–H and O–H groups in total. The number of carboxylic acids is 1. The molecule has 1 atom stereocenters. The third kappa shape index (κ3) is 3.59. The van der Waals surface area contributed by atoms with Crippen LogP contribution in [-0.2, 0) is 16.0 Å². The van der Waals surface area contributed by atoms with E-state index in [-0.39, 0.29) is 24.8 Å². The second kappa shape index (κ2) is 6.39. The van der Waals surface area contributed by atoms with Crippen molar-refractivity contribution in [2.75, 3.05) is 6.54 Å². The number of rotatable bonds is 6. The number of fused-ring (bicyclic) bond motifs is 1. The molecule has 0 bridgehead atoms. The molecule has 0 aromatic carbocycles. The molecule has 112 valence electrons. The lowest BCUT2D eigenvalue weighted by molar-refractivity contribution is -0.140. The van der Waals surface area contributed by atoms with Crippen LogP contribution in [0.1, 0.15) is 26.0 Å². The van der Waals surface area contributed by atoms with Crippen LogP contribution >= 0.6 is 0 Å². The fourth-order valence-electron chi connectivity index (χ4n) is 2.43. The molecule has 0 aliphatic heterocycles. The highest BCUT2D eigenvalue weighted by Crippen LogP contribution is 2.10. The summed E-state index contributed by atoms with van der Waals surface area (Å²) in [6, 6.07) is 5.34. The highest BCUT2D eigenvalue weighted by Gasteiger charge is 2.21. The predicted molar refractivity (Wildman–Crippen MR) is 78.0 cm³/mol. The Morgan fingerprint density at radius 1 is 1.43 bits per heavy atom. The van der Waals surface area contributed by atoms with Gasteiger partial charge in [-0.1, -0.05) is 6.07 Å². The molecule has 1 unspecified atom stereocenters. The summed E-state index contributed by atoms with van der Waals surface area (Å²) in [4.78, 5) is 29.1. The summed E-state index contributed by atoms with van der Waals surface area (Å²) in [5, 5.41) is 8.84. The number of aromatic nitrogens is 2. The van der Waals surface area contributed by atoms with Crippen LogP contribution in [0.2, 0.25) is 0 Å². The zero-order chi connectivity index (χ0) is 15.4. The highest BCUT2D eigenvalue weighted by molar-refractivity contribution is 5.79. The van der Waals surface area contributed by atoms with Gasteiger partial charge < -0.3 is 14.4 Å². The van der Waals surface area contributed by atoms with Crippen LogP contribution in [0.3, 0.4) is 0 Å². The lowest BCUT2D eigenvalue weighted by atomic mass is 10.2. The van der Waals surface area contributed by atoms with Crippen molar-refractivity contribution in [1.29, 1.82) is 0 Å². The first kappa shape index (κ1) is 15.0. The Bertz CT molecular complexity index is 617. The number of likely N-dealkylation sites (N-methyl/N-ethyl adjacent to an activating group) is 1. The van der Waals surface area contributed by atoms with E-state index in [1.807, 2.05) is 41.9 Å². The third-order valence-corrected chi connectivity index (χ3v) is 3.41. The maximum atomic E-state index is 12.3. The molecule has 0 fully saturated rings. The Balaban J connectivity index is 2.09. The van der Waals surface area contributed by atoms with Gasteiger partial charge in [0, 0.05) is 25.0 Å². The van der Waals surface area contributed by atoms with Crippen molar-refractivity contribution in [3.05, 3.63) is 36.3 Å². The van der Waals surface area contributed by atoms with Crippen molar-refractivity contribution in [2.45, 2.75) is 32.7 Å². The fourth-order valence-corrected chi connectivity index (χ4v) is 2.43. The number of nitrogens with zero attached hydrogens (tertiary/aromatic N) is 3. The van der Waals surface area contributed by atoms with Crippen LogP contribution in [0, 0.1) is 0 Å². The lowest BCUT2D eigenvalue weighted by Crippen LogP contribution is -2.40. The minimum Gasteiger partial charge on any atom is -0.481 e.